The van der Waals surface area contributed by atoms with Crippen LogP contribution in [0.25, 0.3) is 0 Å². The fourth-order valence-corrected chi connectivity index (χ4v) is 1.89. The van der Waals surface area contributed by atoms with Gasteiger partial charge in [0.1, 0.15) is 0 Å². The average Bonchev–Trinajstić information content (AvgIpc) is 2.80. The van der Waals surface area contributed by atoms with Crippen molar-refractivity contribution in [3.8, 4) is 0 Å². The van der Waals surface area contributed by atoms with Crippen molar-refractivity contribution in [2.75, 3.05) is 6.26 Å². The molecule has 0 radical (unpaired) electrons. The first-order valence-electron chi connectivity index (χ1n) is 5.66. The van der Waals surface area contributed by atoms with Crippen LogP contribution in [0.15, 0.2) is 34.8 Å². The van der Waals surface area contributed by atoms with Crippen LogP contribution in [0.4, 0.5) is 0 Å². The summed E-state index contributed by atoms with van der Waals surface area (Å²) in [5.74, 6) is 1.14. The van der Waals surface area contributed by atoms with E-state index < -0.39 is 0 Å². The third kappa shape index (κ3) is 2.76. The van der Waals surface area contributed by atoms with Gasteiger partial charge in [-0.25, -0.2) is 0 Å². The summed E-state index contributed by atoms with van der Waals surface area (Å²) in [5, 5.41) is 13.5. The molecule has 0 aromatic carbocycles. The molecule has 0 bridgehead atoms. The molecule has 18 heavy (non-hydrogen) atoms. The monoisotopic (exact) mass is 261 g/mol. The Bertz CT molecular complexity index is 533. The highest BCUT2D eigenvalue weighted by Gasteiger charge is 2.13. The Balaban J connectivity index is 2.33. The SMILES string of the molecule is CSc1nnc(C(C)C)n1/N=C\c1cccnc1. The van der Waals surface area contributed by atoms with Crippen LogP contribution in [0.2, 0.25) is 0 Å². The van der Waals surface area contributed by atoms with E-state index in [1.165, 1.54) is 11.8 Å². The molecule has 0 saturated carbocycles. The summed E-state index contributed by atoms with van der Waals surface area (Å²) < 4.78 is 1.78. The van der Waals surface area contributed by atoms with Gasteiger partial charge in [0, 0.05) is 23.9 Å². The highest BCUT2D eigenvalue weighted by Crippen LogP contribution is 2.18. The number of aromatic nitrogens is 4. The van der Waals surface area contributed by atoms with Gasteiger partial charge in [-0.05, 0) is 12.3 Å². The Hall–Kier alpha value is -1.69. The molecule has 0 N–H and O–H groups in total. The van der Waals surface area contributed by atoms with Crippen molar-refractivity contribution in [2.24, 2.45) is 5.10 Å². The Labute approximate surface area is 110 Å². The lowest BCUT2D eigenvalue weighted by atomic mass is 10.2. The van der Waals surface area contributed by atoms with Crippen LogP contribution in [0.5, 0.6) is 0 Å². The second-order valence-corrected chi connectivity index (χ2v) is 4.82. The summed E-state index contributed by atoms with van der Waals surface area (Å²) in [6.45, 7) is 4.15. The fourth-order valence-electron chi connectivity index (χ4n) is 1.45. The largest absolute Gasteiger partial charge is 0.264 e. The number of rotatable bonds is 4. The predicted molar refractivity (Wildman–Crippen MR) is 73.1 cm³/mol. The minimum absolute atomic E-state index is 0.282. The second kappa shape index (κ2) is 5.77. The van der Waals surface area contributed by atoms with Gasteiger partial charge in [-0.15, -0.1) is 10.2 Å². The zero-order chi connectivity index (χ0) is 13.0. The van der Waals surface area contributed by atoms with Crippen molar-refractivity contribution in [2.45, 2.75) is 24.9 Å². The third-order valence-electron chi connectivity index (χ3n) is 2.34. The standard InChI is InChI=1S/C12H15N5S/c1-9(2)11-15-16-12(18-3)17(11)14-8-10-5-4-6-13-7-10/h4-9H,1-3H3/b14-8-. The van der Waals surface area contributed by atoms with E-state index in [0.29, 0.717) is 0 Å². The van der Waals surface area contributed by atoms with Gasteiger partial charge in [-0.3, -0.25) is 4.98 Å². The maximum atomic E-state index is 4.43. The number of thioether (sulfide) groups is 1. The Morgan fingerprint density at radius 3 is 2.83 bits per heavy atom. The van der Waals surface area contributed by atoms with Gasteiger partial charge in [0.15, 0.2) is 5.82 Å². The van der Waals surface area contributed by atoms with Crippen LogP contribution in [-0.4, -0.2) is 32.3 Å². The summed E-state index contributed by atoms with van der Waals surface area (Å²) >= 11 is 1.53. The third-order valence-corrected chi connectivity index (χ3v) is 2.96. The number of hydrogen-bond donors (Lipinski definition) is 0. The molecule has 0 aliphatic rings. The van der Waals surface area contributed by atoms with Gasteiger partial charge < -0.3 is 0 Å². The van der Waals surface area contributed by atoms with Crippen LogP contribution < -0.4 is 0 Å². The van der Waals surface area contributed by atoms with Gasteiger partial charge in [0.2, 0.25) is 5.16 Å². The van der Waals surface area contributed by atoms with Gasteiger partial charge in [0.05, 0.1) is 6.21 Å². The van der Waals surface area contributed by atoms with Crippen molar-refractivity contribution in [3.05, 3.63) is 35.9 Å². The summed E-state index contributed by atoms with van der Waals surface area (Å²) in [5.41, 5.74) is 0.952. The van der Waals surface area contributed by atoms with Gasteiger partial charge in [-0.2, -0.15) is 9.78 Å². The summed E-state index contributed by atoms with van der Waals surface area (Å²) in [6.07, 6.45) is 7.23. The molecule has 0 aliphatic carbocycles. The van der Waals surface area contributed by atoms with Crippen molar-refractivity contribution < 1.29 is 0 Å². The minimum atomic E-state index is 0.282. The molecule has 0 fully saturated rings. The Kier molecular flexibility index (Phi) is 4.09. The molecule has 0 amide bonds. The van der Waals surface area contributed by atoms with Crippen molar-refractivity contribution >= 4 is 18.0 Å². The topological polar surface area (TPSA) is 56.0 Å². The Morgan fingerprint density at radius 1 is 1.39 bits per heavy atom. The van der Waals surface area contributed by atoms with E-state index in [0.717, 1.165) is 16.5 Å². The molecule has 2 rings (SSSR count). The zero-order valence-electron chi connectivity index (χ0n) is 10.6. The second-order valence-electron chi connectivity index (χ2n) is 4.04. The number of pyridine rings is 1. The zero-order valence-corrected chi connectivity index (χ0v) is 11.4. The smallest absolute Gasteiger partial charge is 0.211 e. The number of hydrogen-bond acceptors (Lipinski definition) is 5. The van der Waals surface area contributed by atoms with Gasteiger partial charge in [0.25, 0.3) is 0 Å². The maximum Gasteiger partial charge on any atom is 0.211 e. The van der Waals surface area contributed by atoms with Gasteiger partial charge in [-0.1, -0.05) is 31.7 Å². The first-order valence-corrected chi connectivity index (χ1v) is 6.88. The molecule has 2 aromatic rings. The molecule has 2 heterocycles. The van der Waals surface area contributed by atoms with E-state index in [4.69, 9.17) is 0 Å². The molecular formula is C12H15N5S. The summed E-state index contributed by atoms with van der Waals surface area (Å²) in [7, 11) is 0. The highest BCUT2D eigenvalue weighted by atomic mass is 32.2. The molecular weight excluding hydrogens is 246 g/mol. The molecule has 0 unspecified atom stereocenters. The van der Waals surface area contributed by atoms with Crippen molar-refractivity contribution in [1.82, 2.24) is 19.9 Å². The highest BCUT2D eigenvalue weighted by molar-refractivity contribution is 7.98. The molecule has 0 spiro atoms. The van der Waals surface area contributed by atoms with E-state index in [9.17, 15) is 0 Å². The molecule has 94 valence electrons. The van der Waals surface area contributed by atoms with Crippen molar-refractivity contribution in [3.63, 3.8) is 0 Å². The van der Waals surface area contributed by atoms with E-state index in [1.807, 2.05) is 18.4 Å². The van der Waals surface area contributed by atoms with E-state index in [-0.39, 0.29) is 5.92 Å². The van der Waals surface area contributed by atoms with Crippen LogP contribution >= 0.6 is 11.8 Å². The lowest BCUT2D eigenvalue weighted by Gasteiger charge is -2.04. The minimum Gasteiger partial charge on any atom is -0.264 e. The molecule has 6 heteroatoms. The maximum absolute atomic E-state index is 4.43. The first kappa shape index (κ1) is 12.8. The van der Waals surface area contributed by atoms with Gasteiger partial charge >= 0.3 is 0 Å². The first-order chi connectivity index (χ1) is 8.72. The molecule has 2 aromatic heterocycles. The molecule has 0 aliphatic heterocycles. The average molecular weight is 261 g/mol. The molecule has 0 saturated heterocycles. The lowest BCUT2D eigenvalue weighted by molar-refractivity contribution is 0.668. The lowest BCUT2D eigenvalue weighted by Crippen LogP contribution is -2.01. The van der Waals surface area contributed by atoms with E-state index in [1.54, 1.807) is 23.3 Å². The van der Waals surface area contributed by atoms with Crippen LogP contribution in [0.1, 0.15) is 31.2 Å². The van der Waals surface area contributed by atoms with E-state index in [2.05, 4.69) is 34.1 Å². The fraction of sp³-hybridized carbons (Fsp3) is 0.333. The van der Waals surface area contributed by atoms with Crippen LogP contribution in [0, 0.1) is 0 Å². The Morgan fingerprint density at radius 2 is 2.22 bits per heavy atom. The van der Waals surface area contributed by atoms with E-state index >= 15 is 0 Å². The van der Waals surface area contributed by atoms with Crippen LogP contribution in [-0.2, 0) is 0 Å². The molecule has 5 nitrogen and oxygen atoms in total. The molecule has 0 atom stereocenters. The van der Waals surface area contributed by atoms with Crippen LogP contribution in [0.3, 0.4) is 0 Å². The summed E-state index contributed by atoms with van der Waals surface area (Å²) in [6, 6.07) is 3.83. The quantitative estimate of drug-likeness (QED) is 0.626. The normalized spacial score (nSPS) is 11.6. The number of nitrogens with zero attached hydrogens (tertiary/aromatic N) is 5. The summed E-state index contributed by atoms with van der Waals surface area (Å²) in [4.78, 5) is 4.05. The van der Waals surface area contributed by atoms with Crippen molar-refractivity contribution in [1.29, 1.82) is 0 Å². The predicted octanol–water partition coefficient (Wildman–Crippen LogP) is 2.40.